The molecule has 106 valence electrons. The predicted molar refractivity (Wildman–Crippen MR) is 102 cm³/mol. The minimum Gasteiger partial charge on any atom is -0.134 e. The van der Waals surface area contributed by atoms with Crippen molar-refractivity contribution >= 4 is 63.0 Å². The van der Waals surface area contributed by atoms with E-state index in [-0.39, 0.29) is 0 Å². The number of fused-ring (bicyclic) bond motifs is 6. The Labute approximate surface area is 136 Å². The van der Waals surface area contributed by atoms with Gasteiger partial charge in [-0.15, -0.1) is 22.7 Å². The summed E-state index contributed by atoms with van der Waals surface area (Å²) >= 11 is 3.88. The summed E-state index contributed by atoms with van der Waals surface area (Å²) in [5, 5.41) is 5.50. The Balaban J connectivity index is 1.94. The first-order valence-corrected chi connectivity index (χ1v) is 9.23. The Morgan fingerprint density at radius 1 is 0.727 bits per heavy atom. The Bertz CT molecular complexity index is 1160. The fraction of sp³-hybridized carbons (Fsp3) is 0.100. The third-order valence-electron chi connectivity index (χ3n) is 4.42. The molecule has 0 atom stereocenters. The van der Waals surface area contributed by atoms with Gasteiger partial charge < -0.3 is 0 Å². The van der Waals surface area contributed by atoms with E-state index < -0.39 is 0 Å². The lowest BCUT2D eigenvalue weighted by molar-refractivity contribution is 1.15. The predicted octanol–water partition coefficient (Wildman–Crippen LogP) is 6.98. The molecule has 22 heavy (non-hydrogen) atoms. The molecule has 0 fully saturated rings. The molecule has 0 radical (unpaired) electrons. The van der Waals surface area contributed by atoms with E-state index >= 15 is 0 Å². The smallest absolute Gasteiger partial charge is 0.0542 e. The average molecular weight is 318 g/mol. The highest BCUT2D eigenvalue weighted by molar-refractivity contribution is 7.36. The van der Waals surface area contributed by atoms with Crippen LogP contribution in [0, 0.1) is 0 Å². The summed E-state index contributed by atoms with van der Waals surface area (Å²) in [7, 11) is 0. The zero-order valence-electron chi connectivity index (χ0n) is 12.2. The van der Waals surface area contributed by atoms with E-state index in [1.54, 1.807) is 0 Å². The average Bonchev–Trinajstić information content (AvgIpc) is 3.07. The molecule has 2 heterocycles. The van der Waals surface area contributed by atoms with Crippen molar-refractivity contribution in [3.8, 4) is 0 Å². The molecule has 0 unspecified atom stereocenters. The van der Waals surface area contributed by atoms with Gasteiger partial charge in [0.2, 0.25) is 0 Å². The lowest BCUT2D eigenvalue weighted by Crippen LogP contribution is -1.76. The zero-order chi connectivity index (χ0) is 14.7. The summed E-state index contributed by atoms with van der Waals surface area (Å²) in [6.45, 7) is 2.22. The maximum Gasteiger partial charge on any atom is 0.0542 e. The molecule has 0 aliphatic rings. The van der Waals surface area contributed by atoms with Crippen LogP contribution in [0.4, 0.5) is 0 Å². The first-order chi connectivity index (χ1) is 10.8. The molecule has 0 nitrogen and oxygen atoms in total. The molecule has 2 aromatic heterocycles. The highest BCUT2D eigenvalue weighted by Gasteiger charge is 2.12. The summed E-state index contributed by atoms with van der Waals surface area (Å²) in [5.74, 6) is 0. The van der Waals surface area contributed by atoms with Crippen LogP contribution in [0.1, 0.15) is 12.5 Å². The second kappa shape index (κ2) is 4.55. The van der Waals surface area contributed by atoms with Gasteiger partial charge in [0.25, 0.3) is 0 Å². The maximum absolute atomic E-state index is 2.36. The highest BCUT2D eigenvalue weighted by Crippen LogP contribution is 2.45. The summed E-state index contributed by atoms with van der Waals surface area (Å²) in [4.78, 5) is 0. The largest absolute Gasteiger partial charge is 0.134 e. The van der Waals surface area contributed by atoms with Crippen molar-refractivity contribution in [3.63, 3.8) is 0 Å². The first kappa shape index (κ1) is 12.6. The first-order valence-electron chi connectivity index (χ1n) is 7.60. The summed E-state index contributed by atoms with van der Waals surface area (Å²) < 4.78 is 5.74. The van der Waals surface area contributed by atoms with Gasteiger partial charge in [0.05, 0.1) is 9.40 Å². The van der Waals surface area contributed by atoms with Gasteiger partial charge in [-0.1, -0.05) is 43.3 Å². The van der Waals surface area contributed by atoms with Gasteiger partial charge >= 0.3 is 0 Å². The molecule has 0 saturated carbocycles. The standard InChI is InChI=1S/C20H14S2/c1-2-12-7-8-15-17(9-12)21-20-16-10-13-5-3-4-6-14(13)11-18(16)22-19(15)20/h3-11H,2H2,1H3. The van der Waals surface area contributed by atoms with Crippen LogP contribution in [-0.4, -0.2) is 0 Å². The SMILES string of the molecule is CCc1ccc2c(c1)sc1c3cc4ccccc4cc3sc21. The lowest BCUT2D eigenvalue weighted by atomic mass is 10.1. The monoisotopic (exact) mass is 318 g/mol. The molecule has 0 saturated heterocycles. The van der Waals surface area contributed by atoms with Crippen molar-refractivity contribution < 1.29 is 0 Å². The van der Waals surface area contributed by atoms with E-state index in [2.05, 4.69) is 61.5 Å². The van der Waals surface area contributed by atoms with Crippen LogP contribution < -0.4 is 0 Å². The van der Waals surface area contributed by atoms with E-state index in [4.69, 9.17) is 0 Å². The van der Waals surface area contributed by atoms with E-state index in [0.29, 0.717) is 0 Å². The van der Waals surface area contributed by atoms with Crippen molar-refractivity contribution in [3.05, 3.63) is 60.2 Å². The molecule has 3 aromatic carbocycles. The van der Waals surface area contributed by atoms with Crippen molar-refractivity contribution in [1.29, 1.82) is 0 Å². The minimum absolute atomic E-state index is 1.10. The van der Waals surface area contributed by atoms with Gasteiger partial charge in [-0.25, -0.2) is 0 Å². The molecule has 0 bridgehead atoms. The van der Waals surface area contributed by atoms with Crippen molar-refractivity contribution in [1.82, 2.24) is 0 Å². The molecular formula is C20H14S2. The van der Waals surface area contributed by atoms with Gasteiger partial charge in [-0.05, 0) is 41.0 Å². The van der Waals surface area contributed by atoms with Crippen LogP contribution in [0.15, 0.2) is 54.6 Å². The number of rotatable bonds is 1. The maximum atomic E-state index is 2.36. The molecule has 0 aliphatic carbocycles. The third kappa shape index (κ3) is 1.68. The third-order valence-corrected chi connectivity index (χ3v) is 6.92. The normalized spacial score (nSPS) is 12.0. The van der Waals surface area contributed by atoms with E-state index in [0.717, 1.165) is 6.42 Å². The number of benzene rings is 3. The fourth-order valence-corrected chi connectivity index (χ4v) is 5.95. The van der Waals surface area contributed by atoms with Crippen LogP contribution >= 0.6 is 22.7 Å². The van der Waals surface area contributed by atoms with E-state index in [1.807, 2.05) is 22.7 Å². The minimum atomic E-state index is 1.10. The Hall–Kier alpha value is -1.90. The van der Waals surface area contributed by atoms with Crippen LogP contribution in [0.5, 0.6) is 0 Å². The zero-order valence-corrected chi connectivity index (χ0v) is 13.9. The van der Waals surface area contributed by atoms with Gasteiger partial charge in [0, 0.05) is 20.2 Å². The van der Waals surface area contributed by atoms with Crippen LogP contribution in [0.3, 0.4) is 0 Å². The Morgan fingerprint density at radius 2 is 1.41 bits per heavy atom. The van der Waals surface area contributed by atoms with Crippen LogP contribution in [0.25, 0.3) is 40.3 Å². The topological polar surface area (TPSA) is 0 Å². The molecule has 0 N–H and O–H groups in total. The quantitative estimate of drug-likeness (QED) is 0.312. The Kier molecular flexibility index (Phi) is 2.61. The molecule has 0 spiro atoms. The molecule has 0 aliphatic heterocycles. The molecule has 5 rings (SSSR count). The van der Waals surface area contributed by atoms with Crippen molar-refractivity contribution in [2.75, 3.05) is 0 Å². The molecule has 0 amide bonds. The number of aryl methyl sites for hydroxylation is 1. The highest BCUT2D eigenvalue weighted by atomic mass is 32.1. The van der Waals surface area contributed by atoms with Crippen molar-refractivity contribution in [2.24, 2.45) is 0 Å². The van der Waals surface area contributed by atoms with Gasteiger partial charge in [0.1, 0.15) is 0 Å². The fourth-order valence-electron chi connectivity index (χ4n) is 3.21. The number of thiophene rings is 2. The molecular weight excluding hydrogens is 304 g/mol. The number of hydrogen-bond donors (Lipinski definition) is 0. The summed E-state index contributed by atoms with van der Waals surface area (Å²) in [6, 6.07) is 20.3. The van der Waals surface area contributed by atoms with Crippen molar-refractivity contribution in [2.45, 2.75) is 13.3 Å². The second-order valence-corrected chi connectivity index (χ2v) is 7.85. The van der Waals surface area contributed by atoms with E-state index in [9.17, 15) is 0 Å². The molecule has 2 heteroatoms. The lowest BCUT2D eigenvalue weighted by Gasteiger charge is -1.98. The van der Waals surface area contributed by atoms with Gasteiger partial charge in [-0.2, -0.15) is 0 Å². The summed E-state index contributed by atoms with van der Waals surface area (Å²) in [6.07, 6.45) is 1.10. The summed E-state index contributed by atoms with van der Waals surface area (Å²) in [5.41, 5.74) is 1.43. The van der Waals surface area contributed by atoms with Crippen LogP contribution in [0.2, 0.25) is 0 Å². The van der Waals surface area contributed by atoms with Gasteiger partial charge in [-0.3, -0.25) is 0 Å². The number of hydrogen-bond acceptors (Lipinski definition) is 2. The van der Waals surface area contributed by atoms with Gasteiger partial charge in [0.15, 0.2) is 0 Å². The van der Waals surface area contributed by atoms with Crippen LogP contribution in [-0.2, 0) is 6.42 Å². The second-order valence-electron chi connectivity index (χ2n) is 5.74. The Morgan fingerprint density at radius 3 is 2.18 bits per heavy atom. The molecule has 5 aromatic rings. The van der Waals surface area contributed by atoms with E-state index in [1.165, 1.54) is 45.9 Å².